The van der Waals surface area contributed by atoms with Crippen molar-refractivity contribution in [2.45, 2.75) is 56.5 Å². The molecule has 0 spiro atoms. The molecule has 1 unspecified atom stereocenters. The second kappa shape index (κ2) is 9.58. The first-order valence-electron chi connectivity index (χ1n) is 12.6. The van der Waals surface area contributed by atoms with Crippen molar-refractivity contribution in [1.29, 1.82) is 0 Å². The summed E-state index contributed by atoms with van der Waals surface area (Å²) in [5.41, 5.74) is 8.33. The summed E-state index contributed by atoms with van der Waals surface area (Å²) < 4.78 is 3.08. The number of nitrogens with two attached hydrogens (primary N) is 1. The van der Waals surface area contributed by atoms with E-state index in [4.69, 9.17) is 5.73 Å². The van der Waals surface area contributed by atoms with E-state index in [1.165, 1.54) is 4.57 Å². The number of benzene rings is 1. The topological polar surface area (TPSA) is 123 Å². The summed E-state index contributed by atoms with van der Waals surface area (Å²) in [6, 6.07) is 5.56. The largest absolute Gasteiger partial charge is 0.342 e. The van der Waals surface area contributed by atoms with Crippen LogP contribution in [0.3, 0.4) is 0 Å². The number of likely N-dealkylation sites (tertiary alicyclic amines) is 2. The summed E-state index contributed by atoms with van der Waals surface area (Å²) in [4.78, 5) is 53.9. The van der Waals surface area contributed by atoms with E-state index >= 15 is 0 Å². The average Bonchev–Trinajstić information content (AvgIpc) is 3.10. The van der Waals surface area contributed by atoms with Crippen LogP contribution in [0.5, 0.6) is 0 Å². The molecule has 35 heavy (non-hydrogen) atoms. The Kier molecular flexibility index (Phi) is 6.50. The first-order chi connectivity index (χ1) is 16.8. The van der Waals surface area contributed by atoms with Gasteiger partial charge in [0.05, 0.1) is 17.6 Å². The number of aryl methyl sites for hydroxylation is 1. The quantitative estimate of drug-likeness (QED) is 0.610. The Morgan fingerprint density at radius 1 is 1.00 bits per heavy atom. The smallest absolute Gasteiger partial charge is 0.329 e. The van der Waals surface area contributed by atoms with Gasteiger partial charge < -0.3 is 10.6 Å². The number of nitrogens with zero attached hydrogens (tertiary/aromatic N) is 4. The number of imidazole rings is 1. The van der Waals surface area contributed by atoms with Crippen molar-refractivity contribution in [2.75, 3.05) is 32.7 Å². The number of hydrogen-bond acceptors (Lipinski definition) is 6. The fourth-order valence-corrected chi connectivity index (χ4v) is 5.73. The van der Waals surface area contributed by atoms with E-state index in [-0.39, 0.29) is 30.0 Å². The first kappa shape index (κ1) is 23.7. The molecule has 3 saturated heterocycles. The molecule has 5 rings (SSSR count). The Labute approximate surface area is 204 Å². The van der Waals surface area contributed by atoms with E-state index in [0.717, 1.165) is 62.9 Å². The summed E-state index contributed by atoms with van der Waals surface area (Å²) >= 11 is 0. The fourth-order valence-electron chi connectivity index (χ4n) is 5.73. The lowest BCUT2D eigenvalue weighted by Gasteiger charge is -2.35. The van der Waals surface area contributed by atoms with Gasteiger partial charge in [0.2, 0.25) is 17.7 Å². The van der Waals surface area contributed by atoms with Crippen LogP contribution in [0.1, 0.15) is 56.0 Å². The van der Waals surface area contributed by atoms with Crippen LogP contribution in [0.15, 0.2) is 23.0 Å². The van der Waals surface area contributed by atoms with Crippen molar-refractivity contribution < 1.29 is 14.4 Å². The first-order valence-corrected chi connectivity index (χ1v) is 12.6. The Hall–Kier alpha value is -2.98. The van der Waals surface area contributed by atoms with Gasteiger partial charge in [-0.1, -0.05) is 6.07 Å². The van der Waals surface area contributed by atoms with Crippen LogP contribution < -0.4 is 16.7 Å². The van der Waals surface area contributed by atoms with Gasteiger partial charge in [-0.05, 0) is 55.7 Å². The summed E-state index contributed by atoms with van der Waals surface area (Å²) in [5.74, 6) is -0.222. The molecule has 10 nitrogen and oxygen atoms in total. The van der Waals surface area contributed by atoms with Crippen molar-refractivity contribution >= 4 is 28.8 Å². The number of piperidine rings is 3. The van der Waals surface area contributed by atoms with Gasteiger partial charge in [-0.3, -0.25) is 33.7 Å². The van der Waals surface area contributed by atoms with Crippen LogP contribution in [-0.2, 0) is 21.4 Å². The summed E-state index contributed by atoms with van der Waals surface area (Å²) in [5, 5.41) is 2.35. The zero-order chi connectivity index (χ0) is 24.7. The molecule has 1 aromatic carbocycles. The lowest BCUT2D eigenvalue weighted by molar-refractivity contribution is -0.136. The minimum Gasteiger partial charge on any atom is -0.342 e. The van der Waals surface area contributed by atoms with Crippen molar-refractivity contribution in [3.05, 3.63) is 34.2 Å². The minimum atomic E-state index is -0.681. The third kappa shape index (κ3) is 4.64. The maximum absolute atomic E-state index is 13.0. The lowest BCUT2D eigenvalue weighted by atomic mass is 9.89. The fraction of sp³-hybridized carbons (Fsp3) is 0.600. The Morgan fingerprint density at radius 3 is 2.40 bits per heavy atom. The van der Waals surface area contributed by atoms with Crippen LogP contribution in [0, 0.1) is 0 Å². The standard InChI is InChI=1S/C25H34N6O4/c1-28-21-14-17(2-3-19(21)31(25(28)35)20-4-5-22(32)27-24(20)34)16-6-12-30(13-7-16)23(33)15-29-10-8-18(26)9-11-29/h2-3,14,16,18,20H,4-13,15,26H2,1H3,(H,27,32,34). The SMILES string of the molecule is Cn1c(=O)n(C2CCC(=O)NC2=O)c2ccc(C3CCN(C(=O)CN4CCC(N)CC4)CC3)cc21. The minimum absolute atomic E-state index is 0.193. The zero-order valence-electron chi connectivity index (χ0n) is 20.2. The molecule has 3 aliphatic rings. The highest BCUT2D eigenvalue weighted by Gasteiger charge is 2.32. The maximum Gasteiger partial charge on any atom is 0.329 e. The van der Waals surface area contributed by atoms with Crippen LogP contribution in [-0.4, -0.2) is 75.4 Å². The number of carbonyl (C=O) groups excluding carboxylic acids is 3. The molecule has 2 aromatic rings. The lowest BCUT2D eigenvalue weighted by Crippen LogP contribution is -2.47. The van der Waals surface area contributed by atoms with E-state index in [2.05, 4.69) is 10.2 Å². The monoisotopic (exact) mass is 482 g/mol. The molecule has 0 saturated carbocycles. The molecule has 0 aliphatic carbocycles. The molecule has 1 atom stereocenters. The molecule has 0 bridgehead atoms. The van der Waals surface area contributed by atoms with Gasteiger partial charge in [-0.15, -0.1) is 0 Å². The van der Waals surface area contributed by atoms with E-state index in [1.807, 2.05) is 23.1 Å². The second-order valence-electron chi connectivity index (χ2n) is 10.2. The molecule has 188 valence electrons. The third-order valence-corrected chi connectivity index (χ3v) is 7.95. The van der Waals surface area contributed by atoms with Crippen LogP contribution in [0.25, 0.3) is 11.0 Å². The van der Waals surface area contributed by atoms with Crippen molar-refractivity contribution in [1.82, 2.24) is 24.3 Å². The molecule has 3 aliphatic heterocycles. The highest BCUT2D eigenvalue weighted by Crippen LogP contribution is 2.31. The Bertz CT molecular complexity index is 1200. The summed E-state index contributed by atoms with van der Waals surface area (Å²) in [6.45, 7) is 3.71. The van der Waals surface area contributed by atoms with Crippen LogP contribution in [0.4, 0.5) is 0 Å². The predicted octanol–water partition coefficient (Wildman–Crippen LogP) is 0.447. The Balaban J connectivity index is 1.27. The maximum atomic E-state index is 13.0. The number of hydrogen-bond donors (Lipinski definition) is 2. The van der Waals surface area contributed by atoms with Crippen molar-refractivity contribution in [2.24, 2.45) is 12.8 Å². The van der Waals surface area contributed by atoms with Crippen molar-refractivity contribution in [3.63, 3.8) is 0 Å². The molecule has 1 aromatic heterocycles. The van der Waals surface area contributed by atoms with E-state index < -0.39 is 11.9 Å². The average molecular weight is 483 g/mol. The van der Waals surface area contributed by atoms with E-state index in [0.29, 0.717) is 24.4 Å². The highest BCUT2D eigenvalue weighted by molar-refractivity contribution is 6.00. The second-order valence-corrected chi connectivity index (χ2v) is 10.2. The predicted molar refractivity (Wildman–Crippen MR) is 131 cm³/mol. The molecule has 4 heterocycles. The number of amides is 3. The molecule has 3 fully saturated rings. The number of nitrogens with one attached hydrogen (secondary N) is 1. The van der Waals surface area contributed by atoms with Crippen LogP contribution >= 0.6 is 0 Å². The van der Waals surface area contributed by atoms with Gasteiger partial charge in [0.25, 0.3) is 0 Å². The summed E-state index contributed by atoms with van der Waals surface area (Å²) in [6.07, 6.45) is 4.20. The number of imide groups is 1. The van der Waals surface area contributed by atoms with Gasteiger partial charge in [-0.25, -0.2) is 4.79 Å². The highest BCUT2D eigenvalue weighted by atomic mass is 16.2. The normalized spacial score (nSPS) is 23.1. The van der Waals surface area contributed by atoms with Gasteiger partial charge in [0, 0.05) is 45.7 Å². The van der Waals surface area contributed by atoms with E-state index in [1.54, 1.807) is 11.6 Å². The summed E-state index contributed by atoms with van der Waals surface area (Å²) in [7, 11) is 1.71. The molecular formula is C25H34N6O4. The third-order valence-electron chi connectivity index (χ3n) is 7.95. The van der Waals surface area contributed by atoms with E-state index in [9.17, 15) is 19.2 Å². The number of aromatic nitrogens is 2. The van der Waals surface area contributed by atoms with Gasteiger partial charge in [-0.2, -0.15) is 0 Å². The van der Waals surface area contributed by atoms with Crippen molar-refractivity contribution in [3.8, 4) is 0 Å². The Morgan fingerprint density at radius 2 is 1.71 bits per heavy atom. The molecule has 0 radical (unpaired) electrons. The van der Waals surface area contributed by atoms with Crippen LogP contribution in [0.2, 0.25) is 0 Å². The number of fused-ring (bicyclic) bond motifs is 1. The van der Waals surface area contributed by atoms with Gasteiger partial charge >= 0.3 is 5.69 Å². The zero-order valence-corrected chi connectivity index (χ0v) is 20.2. The molecule has 3 N–H and O–H groups in total. The van der Waals surface area contributed by atoms with Gasteiger partial charge in [0.1, 0.15) is 6.04 Å². The van der Waals surface area contributed by atoms with Gasteiger partial charge in [0.15, 0.2) is 0 Å². The number of rotatable bonds is 4. The molecule has 3 amide bonds. The molecule has 10 heteroatoms. The molecular weight excluding hydrogens is 448 g/mol. The number of carbonyl (C=O) groups is 3.